The molecule has 140 valence electrons. The molecule has 1 aliphatic heterocycles. The van der Waals surface area contributed by atoms with Gasteiger partial charge in [-0.25, -0.2) is 4.79 Å². The molecule has 0 unspecified atom stereocenters. The van der Waals surface area contributed by atoms with Gasteiger partial charge in [-0.2, -0.15) is 0 Å². The first kappa shape index (κ1) is 18.7. The van der Waals surface area contributed by atoms with Crippen molar-refractivity contribution in [1.82, 2.24) is 15.1 Å². The van der Waals surface area contributed by atoms with Crippen molar-refractivity contribution in [3.63, 3.8) is 0 Å². The number of anilines is 1. The molecule has 2 aromatic rings. The van der Waals surface area contributed by atoms with Crippen LogP contribution in [0.4, 0.5) is 10.6 Å². The van der Waals surface area contributed by atoms with Crippen LogP contribution in [0.1, 0.15) is 37.9 Å². The molecular formula is C21H24N4O2. The number of ether oxygens (including phenoxy) is 1. The van der Waals surface area contributed by atoms with Gasteiger partial charge in [0, 0.05) is 25.7 Å². The highest BCUT2D eigenvalue weighted by molar-refractivity contribution is 5.71. The highest BCUT2D eigenvalue weighted by Gasteiger charge is 2.28. The van der Waals surface area contributed by atoms with Gasteiger partial charge in [-0.05, 0) is 48.6 Å². The van der Waals surface area contributed by atoms with Gasteiger partial charge in [-0.1, -0.05) is 26.0 Å². The van der Waals surface area contributed by atoms with Crippen LogP contribution in [-0.2, 0) is 0 Å². The third-order valence-electron chi connectivity index (χ3n) is 4.73. The van der Waals surface area contributed by atoms with Crippen LogP contribution in [0.2, 0.25) is 0 Å². The van der Waals surface area contributed by atoms with Crippen molar-refractivity contribution >= 4 is 11.9 Å². The molecule has 0 spiro atoms. The molecule has 27 heavy (non-hydrogen) atoms. The fourth-order valence-corrected chi connectivity index (χ4v) is 3.11. The number of amides is 1. The Morgan fingerprint density at radius 2 is 1.93 bits per heavy atom. The van der Waals surface area contributed by atoms with Crippen molar-refractivity contribution in [3.8, 4) is 18.1 Å². The molecule has 1 amide bonds. The minimum Gasteiger partial charge on any atom is -0.410 e. The third kappa shape index (κ3) is 4.37. The number of aromatic nitrogens is 2. The predicted molar refractivity (Wildman–Crippen MR) is 105 cm³/mol. The molecule has 0 bridgehead atoms. The van der Waals surface area contributed by atoms with Gasteiger partial charge in [0.25, 0.3) is 0 Å². The molecule has 2 heterocycles. The summed E-state index contributed by atoms with van der Waals surface area (Å²) in [4.78, 5) is 16.3. The van der Waals surface area contributed by atoms with Gasteiger partial charge in [0.15, 0.2) is 5.82 Å². The van der Waals surface area contributed by atoms with E-state index in [-0.39, 0.29) is 12.1 Å². The first-order chi connectivity index (χ1) is 13.0. The predicted octanol–water partition coefficient (Wildman–Crippen LogP) is 3.29. The Balaban J connectivity index is 1.59. The molecule has 3 rings (SSSR count). The van der Waals surface area contributed by atoms with Crippen molar-refractivity contribution in [2.75, 3.05) is 24.5 Å². The monoisotopic (exact) mass is 364 g/mol. The van der Waals surface area contributed by atoms with Crippen LogP contribution in [0.15, 0.2) is 36.4 Å². The summed E-state index contributed by atoms with van der Waals surface area (Å²) < 4.78 is 5.53. The quantitative estimate of drug-likeness (QED) is 0.782. The second-order valence-electron chi connectivity index (χ2n) is 7.00. The van der Waals surface area contributed by atoms with Gasteiger partial charge < -0.3 is 14.5 Å². The van der Waals surface area contributed by atoms with Crippen molar-refractivity contribution in [3.05, 3.63) is 47.7 Å². The van der Waals surface area contributed by atoms with Gasteiger partial charge in [-0.3, -0.25) is 0 Å². The number of rotatable bonds is 3. The summed E-state index contributed by atoms with van der Waals surface area (Å²) in [5.74, 6) is 4.24. The molecule has 6 nitrogen and oxygen atoms in total. The molecule has 1 aliphatic rings. The van der Waals surface area contributed by atoms with Crippen molar-refractivity contribution in [2.24, 2.45) is 0 Å². The Labute approximate surface area is 160 Å². The summed E-state index contributed by atoms with van der Waals surface area (Å²) in [6.07, 6.45) is 4.99. The number of terminal acetylenes is 1. The molecule has 1 atom stereocenters. The molecule has 0 radical (unpaired) electrons. The van der Waals surface area contributed by atoms with Crippen LogP contribution >= 0.6 is 0 Å². The Morgan fingerprint density at radius 1 is 1.19 bits per heavy atom. The second kappa shape index (κ2) is 8.09. The lowest BCUT2D eigenvalue weighted by atomic mass is 10.0. The van der Waals surface area contributed by atoms with Crippen LogP contribution in [0.25, 0.3) is 0 Å². The summed E-state index contributed by atoms with van der Waals surface area (Å²) in [5, 5.41) is 8.19. The van der Waals surface area contributed by atoms with Gasteiger partial charge in [0.2, 0.25) is 0 Å². The summed E-state index contributed by atoms with van der Waals surface area (Å²) in [6.45, 7) is 8.09. The zero-order chi connectivity index (χ0) is 19.4. The zero-order valence-corrected chi connectivity index (χ0v) is 15.9. The molecule has 0 aliphatic carbocycles. The van der Waals surface area contributed by atoms with E-state index in [1.54, 1.807) is 11.0 Å². The fourth-order valence-electron chi connectivity index (χ4n) is 3.11. The largest absolute Gasteiger partial charge is 0.415 e. The number of benzene rings is 1. The van der Waals surface area contributed by atoms with E-state index in [4.69, 9.17) is 11.2 Å². The third-order valence-corrected chi connectivity index (χ3v) is 4.73. The smallest absolute Gasteiger partial charge is 0.410 e. The molecule has 6 heteroatoms. The number of hydrogen-bond donors (Lipinski definition) is 0. The SMILES string of the molecule is C#Cc1ccc(N2CCN(C(=O)Oc3ccc(C(C)C)cc3)C[C@H]2C)nn1. The lowest BCUT2D eigenvalue weighted by molar-refractivity contribution is 0.142. The maximum absolute atomic E-state index is 12.5. The minimum absolute atomic E-state index is 0.0978. The van der Waals surface area contributed by atoms with E-state index >= 15 is 0 Å². The Bertz CT molecular complexity index is 825. The van der Waals surface area contributed by atoms with E-state index in [1.165, 1.54) is 5.56 Å². The second-order valence-corrected chi connectivity index (χ2v) is 7.00. The molecular weight excluding hydrogens is 340 g/mol. The van der Waals surface area contributed by atoms with Crippen LogP contribution in [-0.4, -0.2) is 46.9 Å². The number of carbonyl (C=O) groups excluding carboxylic acids is 1. The van der Waals surface area contributed by atoms with E-state index in [2.05, 4.69) is 34.9 Å². The highest BCUT2D eigenvalue weighted by atomic mass is 16.6. The average molecular weight is 364 g/mol. The Hall–Kier alpha value is -3.07. The standard InChI is InChI=1S/C21H24N4O2/c1-5-18-8-11-20(23-22-18)25-13-12-24(14-16(25)4)21(26)27-19-9-6-17(7-10-19)15(2)3/h1,6-11,15-16H,12-14H2,2-4H3/t16-/m1/s1. The lowest BCUT2D eigenvalue weighted by Gasteiger charge is -2.39. The maximum atomic E-state index is 12.5. The Morgan fingerprint density at radius 3 is 2.48 bits per heavy atom. The summed E-state index contributed by atoms with van der Waals surface area (Å²) in [5.41, 5.74) is 1.73. The zero-order valence-electron chi connectivity index (χ0n) is 15.9. The van der Waals surface area contributed by atoms with Gasteiger partial charge in [-0.15, -0.1) is 16.6 Å². The van der Waals surface area contributed by atoms with Gasteiger partial charge in [0.1, 0.15) is 11.4 Å². The topological polar surface area (TPSA) is 58.6 Å². The molecule has 1 saturated heterocycles. The molecule has 1 aromatic carbocycles. The fraction of sp³-hybridized carbons (Fsp3) is 0.381. The molecule has 0 saturated carbocycles. The number of piperazine rings is 1. The molecule has 0 N–H and O–H groups in total. The number of carbonyl (C=O) groups is 1. The van der Waals surface area contributed by atoms with Gasteiger partial charge >= 0.3 is 6.09 Å². The number of hydrogen-bond acceptors (Lipinski definition) is 5. The van der Waals surface area contributed by atoms with Crippen LogP contribution in [0.5, 0.6) is 5.75 Å². The number of nitrogens with zero attached hydrogens (tertiary/aromatic N) is 4. The summed E-state index contributed by atoms with van der Waals surface area (Å²) in [7, 11) is 0. The van der Waals surface area contributed by atoms with Crippen molar-refractivity contribution in [1.29, 1.82) is 0 Å². The van der Waals surface area contributed by atoms with Crippen LogP contribution < -0.4 is 9.64 Å². The summed E-state index contributed by atoms with van der Waals surface area (Å²) >= 11 is 0. The summed E-state index contributed by atoms with van der Waals surface area (Å²) in [6, 6.07) is 11.4. The molecule has 1 fully saturated rings. The first-order valence-electron chi connectivity index (χ1n) is 9.11. The van der Waals surface area contributed by atoms with E-state index in [1.807, 2.05) is 37.3 Å². The van der Waals surface area contributed by atoms with Crippen LogP contribution in [0.3, 0.4) is 0 Å². The first-order valence-corrected chi connectivity index (χ1v) is 9.11. The van der Waals surface area contributed by atoms with Crippen LogP contribution in [0, 0.1) is 12.3 Å². The van der Waals surface area contributed by atoms with E-state index in [0.29, 0.717) is 37.0 Å². The van der Waals surface area contributed by atoms with Crippen molar-refractivity contribution < 1.29 is 9.53 Å². The highest BCUT2D eigenvalue weighted by Crippen LogP contribution is 2.21. The molecule has 1 aromatic heterocycles. The normalized spacial score (nSPS) is 16.9. The lowest BCUT2D eigenvalue weighted by Crippen LogP contribution is -2.54. The maximum Gasteiger partial charge on any atom is 0.415 e. The Kier molecular flexibility index (Phi) is 5.60. The van der Waals surface area contributed by atoms with E-state index in [0.717, 1.165) is 5.82 Å². The minimum atomic E-state index is -0.326. The van der Waals surface area contributed by atoms with E-state index < -0.39 is 0 Å². The van der Waals surface area contributed by atoms with E-state index in [9.17, 15) is 4.79 Å². The van der Waals surface area contributed by atoms with Gasteiger partial charge in [0.05, 0.1) is 0 Å². The van der Waals surface area contributed by atoms with Crippen molar-refractivity contribution in [2.45, 2.75) is 32.7 Å². The average Bonchev–Trinajstić information content (AvgIpc) is 2.68.